The molecule has 0 spiro atoms. The van der Waals surface area contributed by atoms with Gasteiger partial charge in [-0.1, -0.05) is 170 Å². The van der Waals surface area contributed by atoms with Crippen LogP contribution in [0.15, 0.2) is 199 Å². The minimum atomic E-state index is 0.514. The average Bonchev–Trinajstić information content (AvgIpc) is 3.83. The van der Waals surface area contributed by atoms with Gasteiger partial charge in [0.15, 0.2) is 17.2 Å². The van der Waals surface area contributed by atoms with Gasteiger partial charge < -0.3 is 4.42 Å². The Morgan fingerprint density at radius 2 is 0.839 bits per heavy atom. The molecule has 56 heavy (non-hydrogen) atoms. The monoisotopic (exact) mass is 716 g/mol. The summed E-state index contributed by atoms with van der Waals surface area (Å²) in [5.41, 5.74) is 12.1. The lowest BCUT2D eigenvalue weighted by Crippen LogP contribution is -2.06. The van der Waals surface area contributed by atoms with E-state index in [1.54, 1.807) is 0 Å². The molecule has 0 fully saturated rings. The second kappa shape index (κ2) is 13.0. The van der Waals surface area contributed by atoms with Crippen molar-refractivity contribution in [2.75, 3.05) is 0 Å². The zero-order chi connectivity index (χ0) is 37.0. The van der Waals surface area contributed by atoms with E-state index >= 15 is 0 Å². The fourth-order valence-corrected chi connectivity index (χ4v) is 7.93. The van der Waals surface area contributed by atoms with Crippen LogP contribution in [-0.4, -0.2) is 19.5 Å². The molecule has 3 heterocycles. The van der Waals surface area contributed by atoms with Gasteiger partial charge in [-0.25, -0.2) is 4.98 Å². The fraction of sp³-hybridized carbons (Fsp3) is 0. The molecule has 0 saturated heterocycles. The summed E-state index contributed by atoms with van der Waals surface area (Å²) >= 11 is 0. The fourth-order valence-electron chi connectivity index (χ4n) is 7.93. The summed E-state index contributed by atoms with van der Waals surface area (Å²) in [7, 11) is 0. The summed E-state index contributed by atoms with van der Waals surface area (Å²) in [6.07, 6.45) is 0. The van der Waals surface area contributed by atoms with E-state index in [1.165, 1.54) is 0 Å². The maximum absolute atomic E-state index is 6.73. The highest BCUT2D eigenvalue weighted by Gasteiger charge is 2.23. The van der Waals surface area contributed by atoms with Crippen molar-refractivity contribution in [1.82, 2.24) is 19.5 Å². The minimum absolute atomic E-state index is 0.514. The van der Waals surface area contributed by atoms with Gasteiger partial charge in [-0.15, -0.1) is 0 Å². The van der Waals surface area contributed by atoms with Gasteiger partial charge in [0.05, 0.1) is 5.52 Å². The summed E-state index contributed by atoms with van der Waals surface area (Å²) in [4.78, 5) is 15.8. The van der Waals surface area contributed by atoms with E-state index in [0.29, 0.717) is 17.6 Å². The van der Waals surface area contributed by atoms with E-state index in [-0.39, 0.29) is 0 Å². The standard InChI is InChI=1S/C51H32N4O/c1-4-13-33(14-5-1)36-23-25-37(26-24-36)49-52-50(40-20-12-19-38(31-40)34-15-6-2-7-16-34)54-51(53-49)55-45-32-39(35-17-8-3-9-18-35)27-28-41(45)43-29-30-44-42-21-10-11-22-46(42)56-48(44)47(43)55/h1-32H. The summed E-state index contributed by atoms with van der Waals surface area (Å²) in [6, 6.07) is 67.4. The van der Waals surface area contributed by atoms with Crippen molar-refractivity contribution in [2.45, 2.75) is 0 Å². The predicted molar refractivity (Wildman–Crippen MR) is 229 cm³/mol. The predicted octanol–water partition coefficient (Wildman–Crippen LogP) is 13.2. The summed E-state index contributed by atoms with van der Waals surface area (Å²) in [5, 5.41) is 4.26. The van der Waals surface area contributed by atoms with E-state index in [1.807, 2.05) is 30.3 Å². The maximum Gasteiger partial charge on any atom is 0.238 e. The van der Waals surface area contributed by atoms with Crippen LogP contribution < -0.4 is 0 Å². The SMILES string of the molecule is c1ccc(-c2ccc(-c3nc(-c4cccc(-c5ccccc5)c4)nc(-n4c5cc(-c6ccccc6)ccc5c5ccc6c7ccccc7oc6c54)n3)cc2)cc1. The number of benzene rings is 8. The molecule has 262 valence electrons. The van der Waals surface area contributed by atoms with Gasteiger partial charge >= 0.3 is 0 Å². The van der Waals surface area contributed by atoms with Crippen LogP contribution in [0.4, 0.5) is 0 Å². The first-order chi connectivity index (χ1) is 27.7. The van der Waals surface area contributed by atoms with Gasteiger partial charge in [-0.05, 0) is 57.6 Å². The first-order valence-electron chi connectivity index (χ1n) is 18.8. The number of para-hydroxylation sites is 1. The molecular formula is C51H32N4O. The summed E-state index contributed by atoms with van der Waals surface area (Å²) < 4.78 is 8.91. The van der Waals surface area contributed by atoms with Gasteiger partial charge in [-0.3, -0.25) is 4.57 Å². The molecule has 11 rings (SSSR count). The van der Waals surface area contributed by atoms with Crippen LogP contribution >= 0.6 is 0 Å². The number of furan rings is 1. The van der Waals surface area contributed by atoms with Gasteiger partial charge in [0.2, 0.25) is 5.95 Å². The van der Waals surface area contributed by atoms with E-state index in [2.05, 4.69) is 168 Å². The quantitative estimate of drug-likeness (QED) is 0.172. The highest BCUT2D eigenvalue weighted by Crippen LogP contribution is 2.41. The largest absolute Gasteiger partial charge is 0.454 e. The first kappa shape index (κ1) is 31.9. The third-order valence-corrected chi connectivity index (χ3v) is 10.7. The Balaban J connectivity index is 1.20. The highest BCUT2D eigenvalue weighted by atomic mass is 16.3. The first-order valence-corrected chi connectivity index (χ1v) is 18.8. The number of aromatic nitrogens is 4. The Morgan fingerprint density at radius 3 is 1.55 bits per heavy atom. The Morgan fingerprint density at radius 1 is 0.339 bits per heavy atom. The van der Waals surface area contributed by atoms with Crippen LogP contribution in [0.2, 0.25) is 0 Å². The molecule has 0 atom stereocenters. The topological polar surface area (TPSA) is 56.7 Å². The molecule has 0 aliphatic heterocycles. The molecule has 0 aliphatic rings. The molecule has 0 bridgehead atoms. The number of nitrogens with zero attached hydrogens (tertiary/aromatic N) is 4. The van der Waals surface area contributed by atoms with E-state index < -0.39 is 0 Å². The van der Waals surface area contributed by atoms with E-state index in [0.717, 1.165) is 88.3 Å². The van der Waals surface area contributed by atoms with E-state index in [4.69, 9.17) is 19.4 Å². The molecule has 0 N–H and O–H groups in total. The lowest BCUT2D eigenvalue weighted by atomic mass is 10.0. The molecule has 11 aromatic rings. The van der Waals surface area contributed by atoms with Crippen molar-refractivity contribution >= 4 is 43.7 Å². The number of rotatable bonds is 6. The van der Waals surface area contributed by atoms with Crippen LogP contribution in [0.1, 0.15) is 0 Å². The zero-order valence-electron chi connectivity index (χ0n) is 30.2. The minimum Gasteiger partial charge on any atom is -0.454 e. The van der Waals surface area contributed by atoms with Crippen LogP contribution in [-0.2, 0) is 0 Å². The molecule has 0 aliphatic carbocycles. The van der Waals surface area contributed by atoms with Crippen molar-refractivity contribution in [3.63, 3.8) is 0 Å². The lowest BCUT2D eigenvalue weighted by Gasteiger charge is -2.12. The smallest absolute Gasteiger partial charge is 0.238 e. The Kier molecular flexibility index (Phi) is 7.42. The van der Waals surface area contributed by atoms with Crippen LogP contribution in [0, 0.1) is 0 Å². The second-order valence-electron chi connectivity index (χ2n) is 14.0. The van der Waals surface area contributed by atoms with Crippen molar-refractivity contribution in [3.05, 3.63) is 194 Å². The van der Waals surface area contributed by atoms with Gasteiger partial charge in [0.25, 0.3) is 0 Å². The molecule has 3 aromatic heterocycles. The average molecular weight is 717 g/mol. The Labute approximate surface area is 322 Å². The summed E-state index contributed by atoms with van der Waals surface area (Å²) in [5.74, 6) is 1.68. The molecule has 0 radical (unpaired) electrons. The highest BCUT2D eigenvalue weighted by molar-refractivity contribution is 6.21. The molecule has 5 nitrogen and oxygen atoms in total. The van der Waals surface area contributed by atoms with Crippen molar-refractivity contribution in [1.29, 1.82) is 0 Å². The molecule has 5 heteroatoms. The Bertz CT molecular complexity index is 3220. The third-order valence-electron chi connectivity index (χ3n) is 10.7. The van der Waals surface area contributed by atoms with Gasteiger partial charge in [0.1, 0.15) is 11.1 Å². The number of hydrogen-bond acceptors (Lipinski definition) is 4. The van der Waals surface area contributed by atoms with E-state index in [9.17, 15) is 0 Å². The van der Waals surface area contributed by atoms with Crippen molar-refractivity contribution in [2.24, 2.45) is 0 Å². The molecule has 8 aromatic carbocycles. The van der Waals surface area contributed by atoms with Crippen molar-refractivity contribution in [3.8, 4) is 62.1 Å². The molecule has 0 unspecified atom stereocenters. The third kappa shape index (κ3) is 5.37. The van der Waals surface area contributed by atoms with Crippen LogP contribution in [0.25, 0.3) is 106 Å². The Hall–Kier alpha value is -7.63. The molecule has 0 amide bonds. The number of hydrogen-bond donors (Lipinski definition) is 0. The molecular weight excluding hydrogens is 685 g/mol. The molecule has 0 saturated carbocycles. The van der Waals surface area contributed by atoms with Gasteiger partial charge in [0, 0.05) is 32.7 Å². The zero-order valence-corrected chi connectivity index (χ0v) is 30.2. The normalized spacial score (nSPS) is 11.6. The van der Waals surface area contributed by atoms with Crippen molar-refractivity contribution < 1.29 is 4.42 Å². The maximum atomic E-state index is 6.73. The van der Waals surface area contributed by atoms with Crippen LogP contribution in [0.5, 0.6) is 0 Å². The number of fused-ring (bicyclic) bond motifs is 7. The van der Waals surface area contributed by atoms with Crippen LogP contribution in [0.3, 0.4) is 0 Å². The summed E-state index contributed by atoms with van der Waals surface area (Å²) in [6.45, 7) is 0. The lowest BCUT2D eigenvalue weighted by molar-refractivity contribution is 0.670. The van der Waals surface area contributed by atoms with Gasteiger partial charge in [-0.2, -0.15) is 9.97 Å². The second-order valence-corrected chi connectivity index (χ2v) is 14.0.